The van der Waals surface area contributed by atoms with Gasteiger partial charge in [-0.05, 0) is 31.5 Å². The number of aryl methyl sites for hydroxylation is 2. The van der Waals surface area contributed by atoms with Gasteiger partial charge in [-0.25, -0.2) is 0 Å². The van der Waals surface area contributed by atoms with Crippen LogP contribution >= 0.6 is 0 Å². The van der Waals surface area contributed by atoms with Gasteiger partial charge in [0.1, 0.15) is 30.5 Å². The van der Waals surface area contributed by atoms with Crippen molar-refractivity contribution in [2.75, 3.05) is 6.61 Å². The van der Waals surface area contributed by atoms with Gasteiger partial charge >= 0.3 is 0 Å². The Morgan fingerprint density at radius 1 is 0.903 bits per heavy atom. The minimum atomic E-state index is -1.48. The maximum atomic E-state index is 10.6. The lowest BCUT2D eigenvalue weighted by Crippen LogP contribution is -2.55. The van der Waals surface area contributed by atoms with Gasteiger partial charge in [-0.15, -0.1) is 10.2 Å². The molecule has 0 aliphatic carbocycles. The first-order valence-electron chi connectivity index (χ1n) is 10.2. The molecule has 1 saturated heterocycles. The van der Waals surface area contributed by atoms with Gasteiger partial charge in [-0.1, -0.05) is 47.5 Å². The Morgan fingerprint density at radius 2 is 1.58 bits per heavy atom. The van der Waals surface area contributed by atoms with E-state index in [-0.39, 0.29) is 0 Å². The number of aromatic nitrogens is 3. The Labute approximate surface area is 180 Å². The molecule has 1 aromatic heterocycles. The van der Waals surface area contributed by atoms with E-state index >= 15 is 0 Å². The van der Waals surface area contributed by atoms with E-state index in [2.05, 4.69) is 16.3 Å². The Kier molecular flexibility index (Phi) is 6.17. The Hall–Kier alpha value is -2.62. The van der Waals surface area contributed by atoms with Crippen LogP contribution in [0.1, 0.15) is 28.6 Å². The summed E-state index contributed by atoms with van der Waals surface area (Å²) in [7, 11) is 0. The van der Waals surface area contributed by atoms with Crippen molar-refractivity contribution in [1.29, 1.82) is 0 Å². The van der Waals surface area contributed by atoms with Gasteiger partial charge in [0.2, 0.25) is 0 Å². The number of rotatable bonds is 5. The number of aliphatic hydroxyl groups excluding tert-OH is 4. The fourth-order valence-corrected chi connectivity index (χ4v) is 4.08. The highest BCUT2D eigenvalue weighted by atomic mass is 16.5. The highest BCUT2D eigenvalue weighted by molar-refractivity contribution is 5.58. The lowest BCUT2D eigenvalue weighted by molar-refractivity contribution is -0.234. The molecule has 1 fully saturated rings. The van der Waals surface area contributed by atoms with Crippen LogP contribution in [-0.4, -0.2) is 66.2 Å². The van der Waals surface area contributed by atoms with Crippen molar-refractivity contribution in [3.05, 3.63) is 71.0 Å². The zero-order valence-electron chi connectivity index (χ0n) is 17.5. The summed E-state index contributed by atoms with van der Waals surface area (Å²) < 4.78 is 7.60. The van der Waals surface area contributed by atoms with Crippen LogP contribution in [0.15, 0.2) is 48.5 Å². The third-order valence-corrected chi connectivity index (χ3v) is 5.59. The first-order valence-corrected chi connectivity index (χ1v) is 10.2. The molecule has 1 aliphatic heterocycles. The molecule has 2 aromatic carbocycles. The monoisotopic (exact) mass is 425 g/mol. The van der Waals surface area contributed by atoms with Crippen molar-refractivity contribution in [2.24, 2.45) is 0 Å². The maximum Gasteiger partial charge on any atom is 0.165 e. The molecule has 0 unspecified atom stereocenters. The van der Waals surface area contributed by atoms with E-state index in [4.69, 9.17) is 4.74 Å². The van der Waals surface area contributed by atoms with E-state index in [0.717, 1.165) is 22.3 Å². The summed E-state index contributed by atoms with van der Waals surface area (Å²) in [6, 6.07) is 15.8. The van der Waals surface area contributed by atoms with Crippen molar-refractivity contribution >= 4 is 0 Å². The Bertz CT molecular complexity index is 1020. The van der Waals surface area contributed by atoms with Crippen molar-refractivity contribution in [2.45, 2.75) is 50.9 Å². The number of benzene rings is 2. The van der Waals surface area contributed by atoms with Crippen LogP contribution < -0.4 is 0 Å². The van der Waals surface area contributed by atoms with Crippen molar-refractivity contribution in [1.82, 2.24) is 14.8 Å². The molecular weight excluding hydrogens is 398 g/mol. The lowest BCUT2D eigenvalue weighted by Gasteiger charge is -2.39. The van der Waals surface area contributed by atoms with Gasteiger partial charge in [0.25, 0.3) is 0 Å². The smallest absolute Gasteiger partial charge is 0.165 e. The van der Waals surface area contributed by atoms with E-state index in [1.54, 1.807) is 0 Å². The van der Waals surface area contributed by atoms with E-state index in [9.17, 15) is 20.4 Å². The normalized spacial score (nSPS) is 26.2. The molecule has 5 atom stereocenters. The van der Waals surface area contributed by atoms with Gasteiger partial charge in [0.05, 0.1) is 13.2 Å². The average Bonchev–Trinajstić information content (AvgIpc) is 3.15. The topological polar surface area (TPSA) is 121 Å². The zero-order valence-corrected chi connectivity index (χ0v) is 17.5. The molecule has 31 heavy (non-hydrogen) atoms. The van der Waals surface area contributed by atoms with Crippen LogP contribution in [0.2, 0.25) is 0 Å². The standard InChI is InChI=1S/C23H27N3O5/c1-13-8-14(2)10-16(9-13)22-24-25-23(26(22)11-15-6-4-3-5-7-15)21-20(30)19(29)18(28)17(12-27)31-21/h3-10,17-21,27-30H,11-12H2,1-2H3/t17-,18-,19+,20-,21-/m1/s1. The van der Waals surface area contributed by atoms with E-state index in [0.29, 0.717) is 18.2 Å². The predicted molar refractivity (Wildman–Crippen MR) is 113 cm³/mol. The highest BCUT2D eigenvalue weighted by Gasteiger charge is 2.46. The molecule has 1 aliphatic rings. The van der Waals surface area contributed by atoms with Crippen LogP contribution in [0.5, 0.6) is 0 Å². The summed E-state index contributed by atoms with van der Waals surface area (Å²) in [5.41, 5.74) is 4.04. The highest BCUT2D eigenvalue weighted by Crippen LogP contribution is 2.34. The minimum absolute atomic E-state index is 0.315. The third kappa shape index (κ3) is 4.26. The van der Waals surface area contributed by atoms with Crippen LogP contribution in [0.25, 0.3) is 11.4 Å². The second-order valence-electron chi connectivity index (χ2n) is 8.08. The molecule has 4 rings (SSSR count). The minimum Gasteiger partial charge on any atom is -0.394 e. The molecule has 0 spiro atoms. The van der Waals surface area contributed by atoms with Crippen molar-refractivity contribution < 1.29 is 25.2 Å². The molecule has 0 radical (unpaired) electrons. The summed E-state index contributed by atoms with van der Waals surface area (Å²) in [6.45, 7) is 3.93. The zero-order chi connectivity index (χ0) is 22.1. The molecule has 4 N–H and O–H groups in total. The van der Waals surface area contributed by atoms with Gasteiger partial charge in [0.15, 0.2) is 11.6 Å². The first kappa shape index (κ1) is 21.6. The van der Waals surface area contributed by atoms with Crippen LogP contribution in [0.3, 0.4) is 0 Å². The number of ether oxygens (including phenoxy) is 1. The summed E-state index contributed by atoms with van der Waals surface area (Å²) in [4.78, 5) is 0. The fourth-order valence-electron chi connectivity index (χ4n) is 4.08. The van der Waals surface area contributed by atoms with Gasteiger partial charge in [-0.2, -0.15) is 0 Å². The molecule has 0 amide bonds. The maximum absolute atomic E-state index is 10.6. The quantitative estimate of drug-likeness (QED) is 0.483. The second-order valence-corrected chi connectivity index (χ2v) is 8.08. The predicted octanol–water partition coefficient (Wildman–Crippen LogP) is 1.13. The largest absolute Gasteiger partial charge is 0.394 e. The SMILES string of the molecule is Cc1cc(C)cc(-c2nnc([C@@H]3O[C@H](CO)[C@@H](O)[C@H](O)[C@H]3O)n2Cc2ccccc2)c1. The van der Waals surface area contributed by atoms with E-state index in [1.165, 1.54) is 0 Å². The average molecular weight is 425 g/mol. The molecule has 8 heteroatoms. The Balaban J connectivity index is 1.81. The summed E-state index contributed by atoms with van der Waals surface area (Å²) in [5, 5.41) is 49.3. The van der Waals surface area contributed by atoms with Gasteiger partial charge in [0, 0.05) is 5.56 Å². The molecule has 3 aromatic rings. The van der Waals surface area contributed by atoms with Crippen molar-refractivity contribution in [3.63, 3.8) is 0 Å². The van der Waals surface area contributed by atoms with Gasteiger partial charge < -0.3 is 29.7 Å². The van der Waals surface area contributed by atoms with Crippen LogP contribution in [-0.2, 0) is 11.3 Å². The molecular formula is C23H27N3O5. The molecule has 8 nitrogen and oxygen atoms in total. The van der Waals surface area contributed by atoms with Crippen LogP contribution in [0.4, 0.5) is 0 Å². The second kappa shape index (κ2) is 8.86. The summed E-state index contributed by atoms with van der Waals surface area (Å²) in [6.07, 6.45) is -6.42. The molecule has 0 bridgehead atoms. The molecule has 0 saturated carbocycles. The summed E-state index contributed by atoms with van der Waals surface area (Å²) >= 11 is 0. The van der Waals surface area contributed by atoms with E-state index < -0.39 is 37.1 Å². The molecule has 2 heterocycles. The number of hydrogen-bond acceptors (Lipinski definition) is 7. The number of nitrogens with zero attached hydrogens (tertiary/aromatic N) is 3. The van der Waals surface area contributed by atoms with Crippen molar-refractivity contribution in [3.8, 4) is 11.4 Å². The Morgan fingerprint density at radius 3 is 2.23 bits per heavy atom. The first-order chi connectivity index (χ1) is 14.9. The number of aliphatic hydroxyl groups is 4. The molecule has 164 valence electrons. The van der Waals surface area contributed by atoms with Crippen LogP contribution in [0, 0.1) is 13.8 Å². The van der Waals surface area contributed by atoms with E-state index in [1.807, 2.05) is 60.9 Å². The van der Waals surface area contributed by atoms with Gasteiger partial charge in [-0.3, -0.25) is 0 Å². The lowest BCUT2D eigenvalue weighted by atomic mass is 9.94. The summed E-state index contributed by atoms with van der Waals surface area (Å²) in [5.74, 6) is 0.914. The fraction of sp³-hybridized carbons (Fsp3) is 0.391. The third-order valence-electron chi connectivity index (χ3n) is 5.59. The number of hydrogen-bond donors (Lipinski definition) is 4.